The Balaban J connectivity index is 2.56. The molecule has 0 aliphatic heterocycles. The average molecular weight is 366 g/mol. The zero-order chi connectivity index (χ0) is 11.8. The molecule has 0 saturated carbocycles. The van der Waals surface area contributed by atoms with Crippen molar-refractivity contribution in [2.45, 2.75) is 4.90 Å². The fourth-order valence-electron chi connectivity index (χ4n) is 1.14. The minimum absolute atomic E-state index is 0.206. The van der Waals surface area contributed by atoms with Gasteiger partial charge in [-0.1, -0.05) is 18.2 Å². The zero-order valence-electron chi connectivity index (χ0n) is 7.84. The summed E-state index contributed by atoms with van der Waals surface area (Å²) >= 11 is 6.32. The molecule has 0 fully saturated rings. The molecule has 1 heterocycles. The van der Waals surface area contributed by atoms with Crippen molar-refractivity contribution in [3.05, 3.63) is 45.6 Å². The van der Waals surface area contributed by atoms with Gasteiger partial charge in [0, 0.05) is 0 Å². The Bertz CT molecular complexity index is 588. The molecule has 16 heavy (non-hydrogen) atoms. The van der Waals surface area contributed by atoms with Gasteiger partial charge in [-0.25, -0.2) is 0 Å². The first kappa shape index (κ1) is 11.8. The van der Waals surface area contributed by atoms with Crippen molar-refractivity contribution in [3.63, 3.8) is 0 Å². The molecule has 0 N–H and O–H groups in total. The SMILES string of the molecule is O=S(=O)(c1ccccc1)n1cc(Br)c(Br)n1. The molecule has 0 spiro atoms. The van der Waals surface area contributed by atoms with Gasteiger partial charge < -0.3 is 0 Å². The van der Waals surface area contributed by atoms with Gasteiger partial charge in [-0.2, -0.15) is 12.5 Å². The van der Waals surface area contributed by atoms with Crippen LogP contribution >= 0.6 is 31.9 Å². The van der Waals surface area contributed by atoms with Gasteiger partial charge in [0.25, 0.3) is 10.0 Å². The lowest BCUT2D eigenvalue weighted by molar-refractivity contribution is 0.579. The molecular formula is C9H6Br2N2O2S. The Morgan fingerprint density at radius 1 is 1.12 bits per heavy atom. The van der Waals surface area contributed by atoms with Crippen molar-refractivity contribution in [2.75, 3.05) is 0 Å². The van der Waals surface area contributed by atoms with Gasteiger partial charge in [0.2, 0.25) is 0 Å². The van der Waals surface area contributed by atoms with Gasteiger partial charge in [-0.3, -0.25) is 0 Å². The molecule has 0 saturated heterocycles. The molecule has 2 aromatic rings. The van der Waals surface area contributed by atoms with E-state index >= 15 is 0 Å². The van der Waals surface area contributed by atoms with Crippen LogP contribution in [0.2, 0.25) is 0 Å². The molecule has 0 amide bonds. The van der Waals surface area contributed by atoms with Crippen molar-refractivity contribution in [1.29, 1.82) is 0 Å². The van der Waals surface area contributed by atoms with E-state index in [0.717, 1.165) is 4.09 Å². The Labute approximate surface area is 110 Å². The lowest BCUT2D eigenvalue weighted by Crippen LogP contribution is -2.13. The molecule has 0 aliphatic rings. The Morgan fingerprint density at radius 2 is 1.75 bits per heavy atom. The van der Waals surface area contributed by atoms with E-state index in [1.54, 1.807) is 18.2 Å². The van der Waals surface area contributed by atoms with Crippen LogP contribution in [0, 0.1) is 0 Å². The zero-order valence-corrected chi connectivity index (χ0v) is 11.8. The third-order valence-corrected chi connectivity index (χ3v) is 5.14. The number of hydrogen-bond acceptors (Lipinski definition) is 3. The van der Waals surface area contributed by atoms with Gasteiger partial charge in [0.05, 0.1) is 15.6 Å². The number of nitrogens with zero attached hydrogens (tertiary/aromatic N) is 2. The Kier molecular flexibility index (Phi) is 3.18. The number of rotatable bonds is 2. The molecular weight excluding hydrogens is 360 g/mol. The van der Waals surface area contributed by atoms with Gasteiger partial charge in [-0.05, 0) is 44.0 Å². The minimum Gasteiger partial charge on any atom is -0.199 e. The van der Waals surface area contributed by atoms with E-state index in [-0.39, 0.29) is 4.90 Å². The maximum Gasteiger partial charge on any atom is 0.283 e. The van der Waals surface area contributed by atoms with E-state index < -0.39 is 10.0 Å². The third kappa shape index (κ3) is 2.07. The molecule has 84 valence electrons. The second-order valence-corrected chi connectivity index (χ2v) is 6.36. The van der Waals surface area contributed by atoms with Crippen LogP contribution in [0.4, 0.5) is 0 Å². The summed E-state index contributed by atoms with van der Waals surface area (Å²) in [6.07, 6.45) is 1.40. The van der Waals surface area contributed by atoms with Crippen molar-refractivity contribution in [1.82, 2.24) is 9.19 Å². The van der Waals surface area contributed by atoms with Crippen LogP contribution in [-0.4, -0.2) is 17.6 Å². The minimum atomic E-state index is -3.60. The second-order valence-electron chi connectivity index (χ2n) is 2.96. The van der Waals surface area contributed by atoms with E-state index in [9.17, 15) is 8.42 Å². The summed E-state index contributed by atoms with van der Waals surface area (Å²) in [5, 5.41) is 3.86. The molecule has 0 bridgehead atoms. The molecule has 4 nitrogen and oxygen atoms in total. The Hall–Kier alpha value is -0.660. The monoisotopic (exact) mass is 364 g/mol. The fraction of sp³-hybridized carbons (Fsp3) is 0. The summed E-state index contributed by atoms with van der Waals surface area (Å²) in [4.78, 5) is 0.206. The van der Waals surface area contributed by atoms with Crippen LogP contribution in [0.25, 0.3) is 0 Å². The molecule has 7 heteroatoms. The van der Waals surface area contributed by atoms with Crippen molar-refractivity contribution >= 4 is 41.9 Å². The highest BCUT2D eigenvalue weighted by Crippen LogP contribution is 2.23. The quantitative estimate of drug-likeness (QED) is 0.822. The number of halogens is 2. The van der Waals surface area contributed by atoms with Crippen molar-refractivity contribution in [2.24, 2.45) is 0 Å². The predicted molar refractivity (Wildman–Crippen MR) is 66.7 cm³/mol. The number of benzene rings is 1. The molecule has 0 radical (unpaired) electrons. The summed E-state index contributed by atoms with van der Waals surface area (Å²) in [5.41, 5.74) is 0. The molecule has 0 atom stereocenters. The lowest BCUT2D eigenvalue weighted by Gasteiger charge is -2.02. The Morgan fingerprint density at radius 3 is 2.25 bits per heavy atom. The highest BCUT2D eigenvalue weighted by Gasteiger charge is 2.18. The van der Waals surface area contributed by atoms with Gasteiger partial charge in [-0.15, -0.1) is 5.10 Å². The van der Waals surface area contributed by atoms with Crippen molar-refractivity contribution < 1.29 is 8.42 Å². The van der Waals surface area contributed by atoms with Gasteiger partial charge in [0.15, 0.2) is 0 Å². The topological polar surface area (TPSA) is 52.0 Å². The molecule has 0 aliphatic carbocycles. The van der Waals surface area contributed by atoms with E-state index in [1.807, 2.05) is 0 Å². The first-order valence-corrected chi connectivity index (χ1v) is 7.26. The number of hydrogen-bond donors (Lipinski definition) is 0. The van der Waals surface area contributed by atoms with E-state index in [1.165, 1.54) is 18.3 Å². The summed E-state index contributed by atoms with van der Waals surface area (Å²) in [6.45, 7) is 0. The lowest BCUT2D eigenvalue weighted by atomic mass is 10.4. The third-order valence-electron chi connectivity index (χ3n) is 1.89. The van der Waals surface area contributed by atoms with Crippen LogP contribution < -0.4 is 0 Å². The summed E-state index contributed by atoms with van der Waals surface area (Å²) < 4.78 is 26.1. The maximum absolute atomic E-state index is 12.1. The summed E-state index contributed by atoms with van der Waals surface area (Å²) in [6, 6.07) is 8.15. The van der Waals surface area contributed by atoms with Crippen molar-refractivity contribution in [3.8, 4) is 0 Å². The van der Waals surface area contributed by atoms with Crippen LogP contribution in [0.3, 0.4) is 0 Å². The highest BCUT2D eigenvalue weighted by molar-refractivity contribution is 9.13. The summed E-state index contributed by atoms with van der Waals surface area (Å²) in [5.74, 6) is 0. The standard InChI is InChI=1S/C9H6Br2N2O2S/c10-8-6-13(12-9(8)11)16(14,15)7-4-2-1-3-5-7/h1-6H. The van der Waals surface area contributed by atoms with Gasteiger partial charge in [0.1, 0.15) is 4.60 Å². The predicted octanol–water partition coefficient (Wildman–Crippen LogP) is 2.65. The molecule has 1 aromatic heterocycles. The average Bonchev–Trinajstić information content (AvgIpc) is 2.61. The second kappa shape index (κ2) is 4.31. The van der Waals surface area contributed by atoms with Crippen LogP contribution in [0.1, 0.15) is 0 Å². The first-order valence-electron chi connectivity index (χ1n) is 4.23. The van der Waals surface area contributed by atoms with Crippen LogP contribution in [0.5, 0.6) is 0 Å². The number of aromatic nitrogens is 2. The summed E-state index contributed by atoms with van der Waals surface area (Å²) in [7, 11) is -3.60. The molecule has 0 unspecified atom stereocenters. The first-order chi connectivity index (χ1) is 7.51. The van der Waals surface area contributed by atoms with E-state index in [2.05, 4.69) is 37.0 Å². The van der Waals surface area contributed by atoms with E-state index in [0.29, 0.717) is 9.08 Å². The van der Waals surface area contributed by atoms with Gasteiger partial charge >= 0.3 is 0 Å². The highest BCUT2D eigenvalue weighted by atomic mass is 79.9. The fourth-order valence-corrected chi connectivity index (χ4v) is 3.07. The van der Waals surface area contributed by atoms with E-state index in [4.69, 9.17) is 0 Å². The largest absolute Gasteiger partial charge is 0.283 e. The normalized spacial score (nSPS) is 11.6. The molecule has 1 aromatic carbocycles. The molecule has 2 rings (SSSR count). The maximum atomic E-state index is 12.1. The van der Waals surface area contributed by atoms with Crippen LogP contribution in [-0.2, 0) is 10.0 Å². The smallest absolute Gasteiger partial charge is 0.199 e. The van der Waals surface area contributed by atoms with Crippen LogP contribution in [0.15, 0.2) is 50.5 Å².